The minimum atomic E-state index is -4.60. The molecule has 1 spiro atoms. The minimum absolute atomic E-state index is 0.214. The van der Waals surface area contributed by atoms with E-state index in [0.29, 0.717) is 30.6 Å². The molecule has 4 heterocycles. The quantitative estimate of drug-likeness (QED) is 0.642. The number of amides is 2. The van der Waals surface area contributed by atoms with Gasteiger partial charge in [-0.15, -0.1) is 0 Å². The summed E-state index contributed by atoms with van der Waals surface area (Å²) in [4.78, 5) is 32.7. The summed E-state index contributed by atoms with van der Waals surface area (Å²) in [6, 6.07) is 1.57. The molecule has 8 nitrogen and oxygen atoms in total. The molecule has 2 saturated heterocycles. The van der Waals surface area contributed by atoms with Crippen LogP contribution in [0.3, 0.4) is 0 Å². The van der Waals surface area contributed by atoms with Crippen molar-refractivity contribution >= 4 is 29.2 Å². The number of aromatic nitrogens is 3. The Hall–Kier alpha value is -2.56. The Morgan fingerprint density at radius 2 is 1.94 bits per heavy atom. The Balaban J connectivity index is 1.47. The van der Waals surface area contributed by atoms with E-state index in [2.05, 4.69) is 14.8 Å². The van der Waals surface area contributed by atoms with Crippen LogP contribution in [-0.2, 0) is 4.74 Å². The molecule has 1 unspecified atom stereocenters. The van der Waals surface area contributed by atoms with Gasteiger partial charge in [0.05, 0.1) is 6.20 Å². The maximum atomic E-state index is 13.3. The molecule has 0 saturated carbocycles. The van der Waals surface area contributed by atoms with Crippen LogP contribution in [0.15, 0.2) is 18.5 Å². The molecule has 4 rings (SSSR count). The number of rotatable bonds is 2. The topological polar surface area (TPSA) is 80.0 Å². The molecule has 2 aromatic heterocycles. The third-order valence-corrected chi connectivity index (χ3v) is 6.31. The Bertz CT molecular complexity index is 1000. The smallest absolute Gasteiger partial charge is 0.425 e. The van der Waals surface area contributed by atoms with E-state index < -0.39 is 23.9 Å². The van der Waals surface area contributed by atoms with Crippen LogP contribution in [0.5, 0.6) is 0 Å². The number of halogens is 4. The van der Waals surface area contributed by atoms with Crippen LogP contribution in [0.2, 0.25) is 5.15 Å². The SMILES string of the molecule is CC(OC(=O)N1CCC2(CCCN2C(=O)c2cnn3ccc(Cl)nc23)CC1)C(F)(F)F. The molecule has 2 aliphatic rings. The molecule has 2 aromatic rings. The molecule has 0 radical (unpaired) electrons. The summed E-state index contributed by atoms with van der Waals surface area (Å²) in [5.74, 6) is -0.219. The zero-order valence-corrected chi connectivity index (χ0v) is 17.5. The lowest BCUT2D eigenvalue weighted by Crippen LogP contribution is -2.55. The Morgan fingerprint density at radius 3 is 2.61 bits per heavy atom. The van der Waals surface area contributed by atoms with Crippen molar-refractivity contribution in [3.63, 3.8) is 0 Å². The second-order valence-electron chi connectivity index (χ2n) is 7.92. The molecule has 0 aliphatic carbocycles. The molecule has 31 heavy (non-hydrogen) atoms. The van der Waals surface area contributed by atoms with Gasteiger partial charge in [-0.05, 0) is 38.7 Å². The number of alkyl halides is 3. The highest BCUT2D eigenvalue weighted by molar-refractivity contribution is 6.29. The first kappa shape index (κ1) is 21.7. The van der Waals surface area contributed by atoms with Gasteiger partial charge in [0.1, 0.15) is 10.7 Å². The molecule has 2 fully saturated rings. The van der Waals surface area contributed by atoms with Gasteiger partial charge < -0.3 is 14.5 Å². The van der Waals surface area contributed by atoms with Gasteiger partial charge >= 0.3 is 12.3 Å². The zero-order valence-electron chi connectivity index (χ0n) is 16.7. The van der Waals surface area contributed by atoms with Gasteiger partial charge in [0.2, 0.25) is 0 Å². The number of carbonyl (C=O) groups excluding carboxylic acids is 2. The Kier molecular flexibility index (Phi) is 5.48. The summed E-state index contributed by atoms with van der Waals surface area (Å²) in [7, 11) is 0. The summed E-state index contributed by atoms with van der Waals surface area (Å²) >= 11 is 5.97. The molecular weight excluding hydrogens is 439 g/mol. The Labute approximate surface area is 180 Å². The maximum absolute atomic E-state index is 13.3. The number of hydrogen-bond acceptors (Lipinski definition) is 5. The second-order valence-corrected chi connectivity index (χ2v) is 8.30. The molecular formula is C19H21ClF3N5O3. The normalized spacial score (nSPS) is 19.8. The van der Waals surface area contributed by atoms with E-state index in [1.807, 2.05) is 0 Å². The van der Waals surface area contributed by atoms with Gasteiger partial charge in [-0.25, -0.2) is 14.3 Å². The fraction of sp³-hybridized carbons (Fsp3) is 0.579. The first-order valence-electron chi connectivity index (χ1n) is 9.95. The third kappa shape index (κ3) is 4.02. The number of likely N-dealkylation sites (tertiary alicyclic amines) is 2. The van der Waals surface area contributed by atoms with Crippen LogP contribution in [0.1, 0.15) is 43.0 Å². The lowest BCUT2D eigenvalue weighted by Gasteiger charge is -2.44. The lowest BCUT2D eigenvalue weighted by molar-refractivity contribution is -0.200. The van der Waals surface area contributed by atoms with Crippen molar-refractivity contribution in [3.05, 3.63) is 29.2 Å². The average molecular weight is 460 g/mol. The predicted molar refractivity (Wildman–Crippen MR) is 104 cm³/mol. The van der Waals surface area contributed by atoms with Crippen molar-refractivity contribution in [2.24, 2.45) is 0 Å². The van der Waals surface area contributed by atoms with Gasteiger partial charge in [-0.3, -0.25) is 4.79 Å². The summed E-state index contributed by atoms with van der Waals surface area (Å²) < 4.78 is 44.0. The molecule has 1 atom stereocenters. The van der Waals surface area contributed by atoms with Gasteiger partial charge in [-0.1, -0.05) is 11.6 Å². The molecule has 168 valence electrons. The number of nitrogens with zero attached hydrogens (tertiary/aromatic N) is 5. The van der Waals surface area contributed by atoms with Crippen LogP contribution < -0.4 is 0 Å². The summed E-state index contributed by atoms with van der Waals surface area (Å²) in [6.45, 7) is 1.78. The van der Waals surface area contributed by atoms with Crippen LogP contribution >= 0.6 is 11.6 Å². The van der Waals surface area contributed by atoms with E-state index in [9.17, 15) is 22.8 Å². The van der Waals surface area contributed by atoms with Crippen LogP contribution in [0.25, 0.3) is 5.65 Å². The first-order valence-corrected chi connectivity index (χ1v) is 10.3. The highest BCUT2D eigenvalue weighted by atomic mass is 35.5. The van der Waals surface area contributed by atoms with Crippen LogP contribution in [0, 0.1) is 0 Å². The van der Waals surface area contributed by atoms with E-state index in [0.717, 1.165) is 19.8 Å². The molecule has 0 aromatic carbocycles. The number of ether oxygens (including phenoxy) is 1. The van der Waals surface area contributed by atoms with E-state index >= 15 is 0 Å². The molecule has 12 heteroatoms. The Morgan fingerprint density at radius 1 is 1.23 bits per heavy atom. The van der Waals surface area contributed by atoms with E-state index in [1.165, 1.54) is 15.6 Å². The van der Waals surface area contributed by atoms with Crippen LogP contribution in [-0.4, -0.2) is 73.9 Å². The molecule has 0 N–H and O–H groups in total. The van der Waals surface area contributed by atoms with Crippen molar-refractivity contribution in [3.8, 4) is 0 Å². The zero-order chi connectivity index (χ0) is 22.4. The van der Waals surface area contributed by atoms with Gasteiger partial charge in [0.25, 0.3) is 5.91 Å². The molecule has 0 bridgehead atoms. The van der Waals surface area contributed by atoms with Gasteiger partial charge in [0, 0.05) is 31.4 Å². The second kappa shape index (κ2) is 7.85. The largest absolute Gasteiger partial charge is 0.437 e. The first-order chi connectivity index (χ1) is 14.6. The van der Waals surface area contributed by atoms with Crippen molar-refractivity contribution in [2.75, 3.05) is 19.6 Å². The summed E-state index contributed by atoms with van der Waals surface area (Å²) in [5, 5.41) is 4.40. The monoisotopic (exact) mass is 459 g/mol. The fourth-order valence-corrected chi connectivity index (χ4v) is 4.45. The van der Waals surface area contributed by atoms with Crippen molar-refractivity contribution in [2.45, 2.75) is 50.4 Å². The number of carbonyl (C=O) groups is 2. The highest BCUT2D eigenvalue weighted by Crippen LogP contribution is 2.40. The van der Waals surface area contributed by atoms with Gasteiger partial charge in [-0.2, -0.15) is 18.3 Å². The summed E-state index contributed by atoms with van der Waals surface area (Å²) in [5.41, 5.74) is 0.238. The summed E-state index contributed by atoms with van der Waals surface area (Å²) in [6.07, 6.45) is -2.21. The lowest BCUT2D eigenvalue weighted by atomic mass is 9.85. The van der Waals surface area contributed by atoms with Crippen molar-refractivity contribution in [1.29, 1.82) is 0 Å². The number of hydrogen-bond donors (Lipinski definition) is 0. The third-order valence-electron chi connectivity index (χ3n) is 6.10. The minimum Gasteiger partial charge on any atom is -0.437 e. The average Bonchev–Trinajstić information content (AvgIpc) is 3.31. The standard InChI is InChI=1S/C19H21ClF3N5O3/c1-12(19(21,22)23)31-17(30)26-9-5-18(6-10-26)4-2-7-27(18)16(29)13-11-24-28-8-3-14(20)25-15(13)28/h3,8,11-12H,2,4-7,9-10H2,1H3. The number of piperidine rings is 1. The van der Waals surface area contributed by atoms with E-state index in [1.54, 1.807) is 17.2 Å². The molecule has 2 amide bonds. The fourth-order valence-electron chi connectivity index (χ4n) is 4.32. The molecule has 2 aliphatic heterocycles. The van der Waals surface area contributed by atoms with Crippen molar-refractivity contribution in [1.82, 2.24) is 24.4 Å². The maximum Gasteiger partial charge on any atom is 0.425 e. The van der Waals surface area contributed by atoms with E-state index in [4.69, 9.17) is 11.6 Å². The van der Waals surface area contributed by atoms with Gasteiger partial charge in [0.15, 0.2) is 11.8 Å². The van der Waals surface area contributed by atoms with Crippen molar-refractivity contribution < 1.29 is 27.5 Å². The van der Waals surface area contributed by atoms with Crippen LogP contribution in [0.4, 0.5) is 18.0 Å². The predicted octanol–water partition coefficient (Wildman–Crippen LogP) is 3.54. The number of fused-ring (bicyclic) bond motifs is 1. The van der Waals surface area contributed by atoms with E-state index in [-0.39, 0.29) is 24.1 Å². The highest BCUT2D eigenvalue weighted by Gasteiger charge is 2.47.